The number of halogens is 1. The van der Waals surface area contributed by atoms with Crippen molar-refractivity contribution in [2.24, 2.45) is 0 Å². The van der Waals surface area contributed by atoms with Gasteiger partial charge in [-0.05, 0) is 35.6 Å². The molecular formula is C15H18FNS. The van der Waals surface area contributed by atoms with Crippen molar-refractivity contribution in [1.82, 2.24) is 5.32 Å². The van der Waals surface area contributed by atoms with Crippen molar-refractivity contribution < 1.29 is 4.39 Å². The molecule has 0 aliphatic rings. The molecule has 0 spiro atoms. The Labute approximate surface area is 112 Å². The first kappa shape index (κ1) is 13.2. The molecule has 0 aliphatic carbocycles. The van der Waals surface area contributed by atoms with Crippen LogP contribution in [0.2, 0.25) is 0 Å². The number of hydrogen-bond acceptors (Lipinski definition) is 2. The van der Waals surface area contributed by atoms with Crippen LogP contribution in [0.1, 0.15) is 25.0 Å². The molecule has 0 amide bonds. The lowest BCUT2D eigenvalue weighted by atomic mass is 10.1. The highest BCUT2D eigenvalue weighted by Gasteiger charge is 2.08. The summed E-state index contributed by atoms with van der Waals surface area (Å²) in [6, 6.07) is 7.93. The maximum Gasteiger partial charge on any atom is 0.128 e. The van der Waals surface area contributed by atoms with Crippen LogP contribution in [0.15, 0.2) is 29.6 Å². The smallest absolute Gasteiger partial charge is 0.128 e. The van der Waals surface area contributed by atoms with Crippen LogP contribution in [-0.4, -0.2) is 6.04 Å². The van der Waals surface area contributed by atoms with Gasteiger partial charge in [-0.2, -0.15) is 0 Å². The van der Waals surface area contributed by atoms with E-state index in [0.29, 0.717) is 12.6 Å². The van der Waals surface area contributed by atoms with Crippen molar-refractivity contribution in [3.8, 4) is 10.4 Å². The SMILES string of the molecule is Cc1ccsc1-c1ccc(CNC(C)C)c(F)c1. The van der Waals surface area contributed by atoms with Crippen molar-refractivity contribution in [3.05, 3.63) is 46.6 Å². The van der Waals surface area contributed by atoms with Gasteiger partial charge in [0, 0.05) is 23.0 Å². The minimum Gasteiger partial charge on any atom is -0.310 e. The molecule has 1 aromatic heterocycles. The highest BCUT2D eigenvalue weighted by molar-refractivity contribution is 7.13. The number of nitrogens with one attached hydrogen (secondary N) is 1. The van der Waals surface area contributed by atoms with E-state index in [2.05, 4.69) is 32.2 Å². The second kappa shape index (κ2) is 5.63. The summed E-state index contributed by atoms with van der Waals surface area (Å²) in [6.07, 6.45) is 0. The zero-order valence-corrected chi connectivity index (χ0v) is 11.8. The molecular weight excluding hydrogens is 245 g/mol. The molecule has 0 atom stereocenters. The first-order valence-electron chi connectivity index (χ1n) is 6.14. The molecule has 0 unspecified atom stereocenters. The van der Waals surface area contributed by atoms with E-state index >= 15 is 0 Å². The minimum atomic E-state index is -0.131. The summed E-state index contributed by atoms with van der Waals surface area (Å²) >= 11 is 1.65. The second-order valence-electron chi connectivity index (χ2n) is 4.77. The van der Waals surface area contributed by atoms with E-state index in [1.807, 2.05) is 17.5 Å². The summed E-state index contributed by atoms with van der Waals surface area (Å²) in [7, 11) is 0. The molecule has 18 heavy (non-hydrogen) atoms. The lowest BCUT2D eigenvalue weighted by Crippen LogP contribution is -2.22. The van der Waals surface area contributed by atoms with E-state index in [9.17, 15) is 4.39 Å². The van der Waals surface area contributed by atoms with Gasteiger partial charge in [0.1, 0.15) is 5.82 Å². The maximum absolute atomic E-state index is 14.0. The van der Waals surface area contributed by atoms with Gasteiger partial charge in [0.25, 0.3) is 0 Å². The van der Waals surface area contributed by atoms with Crippen LogP contribution in [0.3, 0.4) is 0 Å². The van der Waals surface area contributed by atoms with Gasteiger partial charge in [0.05, 0.1) is 0 Å². The lowest BCUT2D eigenvalue weighted by Gasteiger charge is -2.10. The topological polar surface area (TPSA) is 12.0 Å². The van der Waals surface area contributed by atoms with Crippen LogP contribution in [0, 0.1) is 12.7 Å². The van der Waals surface area contributed by atoms with Crippen LogP contribution >= 0.6 is 11.3 Å². The van der Waals surface area contributed by atoms with Gasteiger partial charge < -0.3 is 5.32 Å². The van der Waals surface area contributed by atoms with Gasteiger partial charge in [-0.3, -0.25) is 0 Å². The molecule has 0 fully saturated rings. The predicted molar refractivity (Wildman–Crippen MR) is 76.4 cm³/mol. The van der Waals surface area contributed by atoms with Crippen LogP contribution in [-0.2, 0) is 6.54 Å². The second-order valence-corrected chi connectivity index (χ2v) is 5.69. The molecule has 0 saturated heterocycles. The van der Waals surface area contributed by atoms with Crippen molar-refractivity contribution >= 4 is 11.3 Å². The van der Waals surface area contributed by atoms with Gasteiger partial charge in [-0.1, -0.05) is 26.0 Å². The number of rotatable bonds is 4. The summed E-state index contributed by atoms with van der Waals surface area (Å²) in [5.74, 6) is -0.131. The Kier molecular flexibility index (Phi) is 4.15. The van der Waals surface area contributed by atoms with Crippen molar-refractivity contribution in [1.29, 1.82) is 0 Å². The average molecular weight is 263 g/mol. The quantitative estimate of drug-likeness (QED) is 0.864. The molecule has 96 valence electrons. The Morgan fingerprint density at radius 2 is 2.06 bits per heavy atom. The maximum atomic E-state index is 14.0. The van der Waals surface area contributed by atoms with E-state index in [0.717, 1.165) is 16.0 Å². The van der Waals surface area contributed by atoms with Crippen LogP contribution in [0.5, 0.6) is 0 Å². The third kappa shape index (κ3) is 2.98. The minimum absolute atomic E-state index is 0.131. The molecule has 1 heterocycles. The first-order chi connectivity index (χ1) is 8.58. The van der Waals surface area contributed by atoms with Crippen molar-refractivity contribution in [3.63, 3.8) is 0 Å². The number of thiophene rings is 1. The zero-order valence-electron chi connectivity index (χ0n) is 11.0. The largest absolute Gasteiger partial charge is 0.310 e. The van der Waals surface area contributed by atoms with Gasteiger partial charge in [-0.25, -0.2) is 4.39 Å². The highest BCUT2D eigenvalue weighted by Crippen LogP contribution is 2.30. The van der Waals surface area contributed by atoms with E-state index in [1.54, 1.807) is 17.4 Å². The van der Waals surface area contributed by atoms with Crippen LogP contribution in [0.4, 0.5) is 4.39 Å². The number of aryl methyl sites for hydroxylation is 1. The molecule has 1 aromatic carbocycles. The average Bonchev–Trinajstić information content (AvgIpc) is 2.73. The zero-order chi connectivity index (χ0) is 13.1. The monoisotopic (exact) mass is 263 g/mol. The summed E-state index contributed by atoms with van der Waals surface area (Å²) in [5.41, 5.74) is 2.89. The fourth-order valence-electron chi connectivity index (χ4n) is 1.81. The molecule has 2 rings (SSSR count). The fraction of sp³-hybridized carbons (Fsp3) is 0.333. The van der Waals surface area contributed by atoms with Crippen LogP contribution in [0.25, 0.3) is 10.4 Å². The molecule has 2 aromatic rings. The Hall–Kier alpha value is -1.19. The van der Waals surface area contributed by atoms with Gasteiger partial charge in [-0.15, -0.1) is 11.3 Å². The van der Waals surface area contributed by atoms with E-state index in [4.69, 9.17) is 0 Å². The number of hydrogen-bond donors (Lipinski definition) is 1. The fourth-order valence-corrected chi connectivity index (χ4v) is 2.74. The Morgan fingerprint density at radius 3 is 2.61 bits per heavy atom. The predicted octanol–water partition coefficient (Wildman–Crippen LogP) is 4.36. The Bertz CT molecular complexity index is 531. The Morgan fingerprint density at radius 1 is 1.28 bits per heavy atom. The summed E-state index contributed by atoms with van der Waals surface area (Å²) in [4.78, 5) is 1.15. The van der Waals surface area contributed by atoms with Gasteiger partial charge in [0.2, 0.25) is 0 Å². The van der Waals surface area contributed by atoms with Crippen molar-refractivity contribution in [2.75, 3.05) is 0 Å². The molecule has 0 aliphatic heterocycles. The summed E-state index contributed by atoms with van der Waals surface area (Å²) in [5, 5.41) is 5.27. The molecule has 3 heteroatoms. The van der Waals surface area contributed by atoms with Gasteiger partial charge in [0.15, 0.2) is 0 Å². The van der Waals surface area contributed by atoms with E-state index in [-0.39, 0.29) is 5.82 Å². The first-order valence-corrected chi connectivity index (χ1v) is 7.02. The van der Waals surface area contributed by atoms with E-state index in [1.165, 1.54) is 5.56 Å². The molecule has 0 saturated carbocycles. The van der Waals surface area contributed by atoms with Crippen LogP contribution < -0.4 is 5.32 Å². The molecule has 1 nitrogen and oxygen atoms in total. The Balaban J connectivity index is 2.22. The summed E-state index contributed by atoms with van der Waals surface area (Å²) < 4.78 is 14.0. The third-order valence-corrected chi connectivity index (χ3v) is 3.94. The van der Waals surface area contributed by atoms with Crippen molar-refractivity contribution in [2.45, 2.75) is 33.4 Å². The molecule has 0 bridgehead atoms. The number of benzene rings is 1. The third-order valence-electron chi connectivity index (χ3n) is 2.88. The molecule has 1 N–H and O–H groups in total. The molecule has 0 radical (unpaired) electrons. The van der Waals surface area contributed by atoms with E-state index < -0.39 is 0 Å². The van der Waals surface area contributed by atoms with Gasteiger partial charge >= 0.3 is 0 Å². The standard InChI is InChI=1S/C15H18FNS/c1-10(2)17-9-13-5-4-12(8-14(13)16)15-11(3)6-7-18-15/h4-8,10,17H,9H2,1-3H3. The highest BCUT2D eigenvalue weighted by atomic mass is 32.1. The lowest BCUT2D eigenvalue weighted by molar-refractivity contribution is 0.553. The normalized spacial score (nSPS) is 11.2. The summed E-state index contributed by atoms with van der Waals surface area (Å²) in [6.45, 7) is 6.74.